The van der Waals surface area contributed by atoms with Crippen LogP contribution in [-0.4, -0.2) is 22.7 Å². The van der Waals surface area contributed by atoms with Crippen molar-refractivity contribution < 1.29 is 18.3 Å². The topological polar surface area (TPSA) is 26.3 Å². The number of alkyl halides is 4. The molecule has 0 aromatic heterocycles. The van der Waals surface area contributed by atoms with Crippen molar-refractivity contribution in [3.8, 4) is 0 Å². The van der Waals surface area contributed by atoms with Gasteiger partial charge >= 0.3 is 10.8 Å². The zero-order chi connectivity index (χ0) is 8.36. The van der Waals surface area contributed by atoms with Gasteiger partial charge in [-0.2, -0.15) is 8.78 Å². The summed E-state index contributed by atoms with van der Waals surface area (Å²) in [6.45, 7) is 0. The van der Waals surface area contributed by atoms with E-state index in [9.17, 15) is 13.6 Å². The van der Waals surface area contributed by atoms with Crippen molar-refractivity contribution in [3.05, 3.63) is 0 Å². The second kappa shape index (κ2) is 3.61. The number of ether oxygens (including phenoxy) is 1. The van der Waals surface area contributed by atoms with Crippen molar-refractivity contribution in [2.45, 2.75) is 9.66 Å². The summed E-state index contributed by atoms with van der Waals surface area (Å²) in [5.74, 6) is -1.01. The lowest BCUT2D eigenvalue weighted by Gasteiger charge is -2.12. The highest BCUT2D eigenvalue weighted by Crippen LogP contribution is 2.31. The van der Waals surface area contributed by atoms with Crippen LogP contribution >= 0.6 is 31.9 Å². The molecule has 0 radical (unpaired) electrons. The van der Waals surface area contributed by atoms with Gasteiger partial charge in [-0.3, -0.25) is 4.79 Å². The SMILES string of the molecule is COC(=O)[C@@H](Br)C(F)(F)Br. The van der Waals surface area contributed by atoms with Gasteiger partial charge in [-0.15, -0.1) is 0 Å². The molecule has 0 aromatic carbocycles. The fourth-order valence-electron chi connectivity index (χ4n) is 0.237. The van der Waals surface area contributed by atoms with Crippen LogP contribution in [0.25, 0.3) is 0 Å². The number of rotatable bonds is 2. The molecule has 6 heteroatoms. The van der Waals surface area contributed by atoms with Crippen LogP contribution < -0.4 is 0 Å². The van der Waals surface area contributed by atoms with Crippen molar-refractivity contribution in [3.63, 3.8) is 0 Å². The van der Waals surface area contributed by atoms with Crippen LogP contribution in [0.3, 0.4) is 0 Å². The molecule has 2 nitrogen and oxygen atoms in total. The maximum Gasteiger partial charge on any atom is 0.326 e. The zero-order valence-corrected chi connectivity index (χ0v) is 8.08. The maximum absolute atomic E-state index is 12.1. The molecular weight excluding hydrogens is 278 g/mol. The van der Waals surface area contributed by atoms with Crippen LogP contribution in [0.2, 0.25) is 0 Å². The van der Waals surface area contributed by atoms with E-state index in [1.54, 1.807) is 0 Å². The molecule has 0 N–H and O–H groups in total. The van der Waals surface area contributed by atoms with Crippen LogP contribution in [0.15, 0.2) is 0 Å². The van der Waals surface area contributed by atoms with Crippen LogP contribution in [0.4, 0.5) is 8.78 Å². The Bertz CT molecular complexity index is 134. The summed E-state index contributed by atoms with van der Waals surface area (Å²) in [4.78, 5) is 5.48. The molecule has 10 heavy (non-hydrogen) atoms. The third-order valence-electron chi connectivity index (χ3n) is 0.696. The largest absolute Gasteiger partial charge is 0.468 e. The first-order valence-electron chi connectivity index (χ1n) is 2.18. The molecule has 0 aliphatic rings. The summed E-state index contributed by atoms with van der Waals surface area (Å²) >= 11 is 4.46. The van der Waals surface area contributed by atoms with Crippen LogP contribution in [0.5, 0.6) is 0 Å². The van der Waals surface area contributed by atoms with E-state index in [1.807, 2.05) is 15.9 Å². The lowest BCUT2D eigenvalue weighted by atomic mass is 10.4. The highest BCUT2D eigenvalue weighted by molar-refractivity contribution is 9.12. The van der Waals surface area contributed by atoms with Crippen molar-refractivity contribution >= 4 is 37.8 Å². The van der Waals surface area contributed by atoms with E-state index in [1.165, 1.54) is 0 Å². The lowest BCUT2D eigenvalue weighted by Crippen LogP contribution is -2.30. The third-order valence-corrected chi connectivity index (χ3v) is 2.72. The number of methoxy groups -OCH3 is 1. The third kappa shape index (κ3) is 2.92. The molecule has 0 aliphatic heterocycles. The van der Waals surface area contributed by atoms with Gasteiger partial charge < -0.3 is 4.74 Å². The number of esters is 1. The van der Waals surface area contributed by atoms with Gasteiger partial charge in [0.1, 0.15) is 0 Å². The zero-order valence-electron chi connectivity index (χ0n) is 4.91. The Hall–Kier alpha value is 0.290. The summed E-state index contributed by atoms with van der Waals surface area (Å²) in [7, 11) is 1.04. The molecular formula is C4H4Br2F2O2. The monoisotopic (exact) mass is 280 g/mol. The number of hydrogen-bond donors (Lipinski definition) is 0. The molecule has 0 heterocycles. The molecule has 0 saturated heterocycles. The van der Waals surface area contributed by atoms with Gasteiger partial charge in [0.15, 0.2) is 4.83 Å². The first kappa shape index (κ1) is 10.3. The van der Waals surface area contributed by atoms with Gasteiger partial charge in [0, 0.05) is 0 Å². The first-order chi connectivity index (χ1) is 4.39. The Labute approximate surface area is 73.2 Å². The second-order valence-electron chi connectivity index (χ2n) is 1.43. The molecule has 1 atom stereocenters. The maximum atomic E-state index is 12.1. The van der Waals surface area contributed by atoms with Crippen LogP contribution in [-0.2, 0) is 9.53 Å². The summed E-state index contributed by atoms with van der Waals surface area (Å²) in [5.41, 5.74) is 0. The molecule has 0 saturated carbocycles. The van der Waals surface area contributed by atoms with E-state index >= 15 is 0 Å². The predicted octanol–water partition coefficient (Wildman–Crippen LogP) is 1.91. The Morgan fingerprint density at radius 3 is 2.20 bits per heavy atom. The molecule has 0 aliphatic carbocycles. The van der Waals surface area contributed by atoms with Crippen molar-refractivity contribution in [2.75, 3.05) is 7.11 Å². The Morgan fingerprint density at radius 1 is 1.70 bits per heavy atom. The average molecular weight is 282 g/mol. The van der Waals surface area contributed by atoms with E-state index in [4.69, 9.17) is 0 Å². The Balaban J connectivity index is 4.08. The van der Waals surface area contributed by atoms with Gasteiger partial charge in [-0.05, 0) is 15.9 Å². The van der Waals surface area contributed by atoms with Gasteiger partial charge in [0.25, 0.3) is 0 Å². The molecule has 0 unspecified atom stereocenters. The summed E-state index contributed by atoms with van der Waals surface area (Å²) in [5, 5.41) is 0. The normalized spacial score (nSPS) is 14.5. The quantitative estimate of drug-likeness (QED) is 0.571. The summed E-state index contributed by atoms with van der Waals surface area (Å²) in [6, 6.07) is 0. The highest BCUT2D eigenvalue weighted by atomic mass is 79.9. The van der Waals surface area contributed by atoms with Gasteiger partial charge in [-0.25, -0.2) is 0 Å². The molecule has 0 aromatic rings. The number of hydrogen-bond acceptors (Lipinski definition) is 2. The number of carbonyl (C=O) groups excluding carboxylic acids is 1. The van der Waals surface area contributed by atoms with Crippen molar-refractivity contribution in [1.29, 1.82) is 0 Å². The second-order valence-corrected chi connectivity index (χ2v) is 3.40. The Kier molecular flexibility index (Phi) is 3.72. The number of halogens is 4. The van der Waals surface area contributed by atoms with E-state index < -0.39 is 15.6 Å². The minimum absolute atomic E-state index is 1.01. The van der Waals surface area contributed by atoms with Gasteiger partial charge in [0.2, 0.25) is 0 Å². The van der Waals surface area contributed by atoms with Crippen LogP contribution in [0.1, 0.15) is 0 Å². The molecule has 0 amide bonds. The fraction of sp³-hybridized carbons (Fsp3) is 0.750. The molecule has 60 valence electrons. The van der Waals surface area contributed by atoms with Crippen molar-refractivity contribution in [1.82, 2.24) is 0 Å². The first-order valence-corrected chi connectivity index (χ1v) is 3.89. The van der Waals surface area contributed by atoms with Gasteiger partial charge in [-0.1, -0.05) is 15.9 Å². The Morgan fingerprint density at radius 2 is 2.10 bits per heavy atom. The standard InChI is InChI=1S/C4H4Br2F2O2/c1-10-3(9)2(5)4(6,7)8/h2H,1H3/t2-/m1/s1. The highest BCUT2D eigenvalue weighted by Gasteiger charge is 2.40. The summed E-state index contributed by atoms with van der Waals surface area (Å²) in [6.07, 6.45) is 0. The van der Waals surface area contributed by atoms with E-state index in [2.05, 4.69) is 20.7 Å². The van der Waals surface area contributed by atoms with Crippen LogP contribution in [0, 0.1) is 0 Å². The summed E-state index contributed by atoms with van der Waals surface area (Å²) < 4.78 is 28.3. The molecule has 0 fully saturated rings. The lowest BCUT2D eigenvalue weighted by molar-refractivity contribution is -0.143. The minimum Gasteiger partial charge on any atom is -0.468 e. The van der Waals surface area contributed by atoms with E-state index in [0.29, 0.717) is 0 Å². The van der Waals surface area contributed by atoms with Crippen molar-refractivity contribution in [2.24, 2.45) is 0 Å². The van der Waals surface area contributed by atoms with E-state index in [0.717, 1.165) is 7.11 Å². The average Bonchev–Trinajstić information content (AvgIpc) is 1.83. The minimum atomic E-state index is -3.26. The fourth-order valence-corrected chi connectivity index (χ4v) is 0.611. The van der Waals surface area contributed by atoms with Gasteiger partial charge in [0.05, 0.1) is 7.11 Å². The molecule has 0 bridgehead atoms. The predicted molar refractivity (Wildman–Crippen MR) is 38.6 cm³/mol. The van der Waals surface area contributed by atoms with E-state index in [-0.39, 0.29) is 0 Å². The smallest absolute Gasteiger partial charge is 0.326 e. The molecule has 0 rings (SSSR count). The molecule has 0 spiro atoms. The number of carbonyl (C=O) groups is 1.